The molecule has 0 aliphatic carbocycles. The van der Waals surface area contributed by atoms with Crippen LogP contribution in [-0.4, -0.2) is 33.7 Å². The van der Waals surface area contributed by atoms with E-state index in [2.05, 4.69) is 10.0 Å². The second-order valence-electron chi connectivity index (χ2n) is 5.95. The van der Waals surface area contributed by atoms with Gasteiger partial charge in [0.15, 0.2) is 0 Å². The first-order valence-electron chi connectivity index (χ1n) is 7.84. The zero-order valence-corrected chi connectivity index (χ0v) is 16.0. The van der Waals surface area contributed by atoms with Crippen LogP contribution < -0.4 is 10.0 Å². The SMILES string of the molecule is CCOC(=O)NC(CNS(=O)(=O)c1ccc(Cl)cc1C)CC(C)C. The first-order valence-corrected chi connectivity index (χ1v) is 9.71. The molecule has 0 radical (unpaired) electrons. The van der Waals surface area contributed by atoms with Gasteiger partial charge in [-0.05, 0) is 49.9 Å². The number of carbonyl (C=O) groups excluding carboxylic acids is 1. The predicted octanol–water partition coefficient (Wildman–Crippen LogP) is 3.09. The van der Waals surface area contributed by atoms with Gasteiger partial charge in [0.05, 0.1) is 11.5 Å². The lowest BCUT2D eigenvalue weighted by Gasteiger charge is -2.21. The summed E-state index contributed by atoms with van der Waals surface area (Å²) in [5, 5.41) is 3.17. The molecule has 0 aliphatic heterocycles. The van der Waals surface area contributed by atoms with Gasteiger partial charge >= 0.3 is 6.09 Å². The largest absolute Gasteiger partial charge is 0.450 e. The number of rotatable bonds is 8. The Labute approximate surface area is 149 Å². The van der Waals surface area contributed by atoms with Crippen molar-refractivity contribution < 1.29 is 17.9 Å². The molecule has 1 unspecified atom stereocenters. The quantitative estimate of drug-likeness (QED) is 0.730. The summed E-state index contributed by atoms with van der Waals surface area (Å²) in [6.45, 7) is 7.73. The summed E-state index contributed by atoms with van der Waals surface area (Å²) in [5.41, 5.74) is 0.564. The summed E-state index contributed by atoms with van der Waals surface area (Å²) in [4.78, 5) is 11.8. The Kier molecular flexibility index (Phi) is 7.99. The molecule has 0 fully saturated rings. The third-order valence-corrected chi connectivity index (χ3v) is 5.12. The molecular weight excluding hydrogens is 352 g/mol. The molecule has 0 saturated carbocycles. The van der Waals surface area contributed by atoms with Crippen molar-refractivity contribution in [3.63, 3.8) is 0 Å². The van der Waals surface area contributed by atoms with Crippen LogP contribution in [0.5, 0.6) is 0 Å². The van der Waals surface area contributed by atoms with Gasteiger partial charge in [-0.2, -0.15) is 0 Å². The molecular formula is C16H25ClN2O4S. The van der Waals surface area contributed by atoms with Crippen LogP contribution in [0.4, 0.5) is 4.79 Å². The van der Waals surface area contributed by atoms with Crippen molar-refractivity contribution in [1.29, 1.82) is 0 Å². The van der Waals surface area contributed by atoms with Crippen molar-refractivity contribution >= 4 is 27.7 Å². The molecule has 0 saturated heterocycles. The van der Waals surface area contributed by atoms with Gasteiger partial charge in [0.1, 0.15) is 0 Å². The minimum atomic E-state index is -3.69. The van der Waals surface area contributed by atoms with E-state index in [9.17, 15) is 13.2 Å². The standard InChI is InChI=1S/C16H25ClN2O4S/c1-5-23-16(20)19-14(8-11(2)3)10-18-24(21,22)15-7-6-13(17)9-12(15)4/h6-7,9,11,14,18H,5,8,10H2,1-4H3,(H,19,20). The number of halogens is 1. The molecule has 1 amide bonds. The molecule has 6 nitrogen and oxygen atoms in total. The number of carbonyl (C=O) groups is 1. The third-order valence-electron chi connectivity index (χ3n) is 3.30. The zero-order chi connectivity index (χ0) is 18.3. The normalized spacial score (nSPS) is 12.9. The Balaban J connectivity index is 2.81. The fourth-order valence-electron chi connectivity index (χ4n) is 2.30. The highest BCUT2D eigenvalue weighted by Gasteiger charge is 2.21. The third kappa shape index (κ3) is 6.67. The summed E-state index contributed by atoms with van der Waals surface area (Å²) < 4.78 is 32.3. The van der Waals surface area contributed by atoms with Crippen molar-refractivity contribution in [1.82, 2.24) is 10.0 Å². The van der Waals surface area contributed by atoms with Crippen LogP contribution in [0.25, 0.3) is 0 Å². The van der Waals surface area contributed by atoms with Gasteiger partial charge in [0.2, 0.25) is 10.0 Å². The van der Waals surface area contributed by atoms with Crippen molar-refractivity contribution in [3.05, 3.63) is 28.8 Å². The Hall–Kier alpha value is -1.31. The molecule has 2 N–H and O–H groups in total. The highest BCUT2D eigenvalue weighted by Crippen LogP contribution is 2.19. The van der Waals surface area contributed by atoms with Gasteiger partial charge in [-0.3, -0.25) is 0 Å². The molecule has 24 heavy (non-hydrogen) atoms. The van der Waals surface area contributed by atoms with Crippen molar-refractivity contribution in [2.45, 2.75) is 45.1 Å². The maximum Gasteiger partial charge on any atom is 0.407 e. The molecule has 0 bridgehead atoms. The molecule has 8 heteroatoms. The molecule has 0 aliphatic rings. The van der Waals surface area contributed by atoms with E-state index >= 15 is 0 Å². The van der Waals surface area contributed by atoms with Crippen LogP contribution in [0.1, 0.15) is 32.8 Å². The number of nitrogens with one attached hydrogen (secondary N) is 2. The Morgan fingerprint density at radius 3 is 2.54 bits per heavy atom. The second kappa shape index (κ2) is 9.25. The van der Waals surface area contributed by atoms with Gasteiger partial charge < -0.3 is 10.1 Å². The Morgan fingerprint density at radius 2 is 2.00 bits per heavy atom. The fraction of sp³-hybridized carbons (Fsp3) is 0.562. The second-order valence-corrected chi connectivity index (χ2v) is 8.12. The lowest BCUT2D eigenvalue weighted by Crippen LogP contribution is -2.44. The smallest absolute Gasteiger partial charge is 0.407 e. The van der Waals surface area contributed by atoms with Gasteiger partial charge in [0.25, 0.3) is 0 Å². The van der Waals surface area contributed by atoms with Crippen LogP contribution in [0.2, 0.25) is 5.02 Å². The summed E-state index contributed by atoms with van der Waals surface area (Å²) in [6.07, 6.45) is 0.0750. The number of hydrogen-bond acceptors (Lipinski definition) is 4. The van der Waals surface area contributed by atoms with E-state index in [1.54, 1.807) is 19.9 Å². The lowest BCUT2D eigenvalue weighted by molar-refractivity contribution is 0.146. The number of sulfonamides is 1. The van der Waals surface area contributed by atoms with E-state index in [0.29, 0.717) is 22.9 Å². The van der Waals surface area contributed by atoms with E-state index in [0.717, 1.165) is 0 Å². The highest BCUT2D eigenvalue weighted by atomic mass is 35.5. The predicted molar refractivity (Wildman–Crippen MR) is 94.8 cm³/mol. The topological polar surface area (TPSA) is 84.5 Å². The zero-order valence-electron chi connectivity index (χ0n) is 14.4. The van der Waals surface area contributed by atoms with Crippen LogP contribution in [0, 0.1) is 12.8 Å². The average Bonchev–Trinajstić information content (AvgIpc) is 2.44. The number of benzene rings is 1. The van der Waals surface area contributed by atoms with Crippen molar-refractivity contribution in [3.8, 4) is 0 Å². The average molecular weight is 377 g/mol. The van der Waals surface area contributed by atoms with Gasteiger partial charge in [0, 0.05) is 17.6 Å². The Morgan fingerprint density at radius 1 is 1.33 bits per heavy atom. The summed E-state index contributed by atoms with van der Waals surface area (Å²) in [5.74, 6) is 0.290. The minimum absolute atomic E-state index is 0.0847. The molecule has 1 aromatic rings. The van der Waals surface area contributed by atoms with Gasteiger partial charge in [-0.25, -0.2) is 17.9 Å². The van der Waals surface area contributed by atoms with Gasteiger partial charge in [-0.1, -0.05) is 25.4 Å². The highest BCUT2D eigenvalue weighted by molar-refractivity contribution is 7.89. The first-order chi connectivity index (χ1) is 11.2. The molecule has 0 aromatic heterocycles. The maximum absolute atomic E-state index is 12.5. The molecule has 1 atom stereocenters. The number of aryl methyl sites for hydroxylation is 1. The van der Waals surface area contributed by atoms with E-state index in [-0.39, 0.29) is 24.1 Å². The fourth-order valence-corrected chi connectivity index (χ4v) is 3.84. The van der Waals surface area contributed by atoms with Crippen LogP contribution in [-0.2, 0) is 14.8 Å². The monoisotopic (exact) mass is 376 g/mol. The number of alkyl carbamates (subject to hydrolysis) is 1. The Bertz CT molecular complexity index is 662. The minimum Gasteiger partial charge on any atom is -0.450 e. The number of ether oxygens (including phenoxy) is 1. The molecule has 0 spiro atoms. The maximum atomic E-state index is 12.5. The van der Waals surface area contributed by atoms with E-state index < -0.39 is 16.1 Å². The van der Waals surface area contributed by atoms with E-state index in [1.807, 2.05) is 13.8 Å². The van der Waals surface area contributed by atoms with Crippen LogP contribution in [0.3, 0.4) is 0 Å². The summed E-state index contributed by atoms with van der Waals surface area (Å²) in [7, 11) is -3.69. The van der Waals surface area contributed by atoms with Crippen LogP contribution in [0.15, 0.2) is 23.1 Å². The number of amides is 1. The van der Waals surface area contributed by atoms with E-state index in [4.69, 9.17) is 16.3 Å². The van der Waals surface area contributed by atoms with Crippen LogP contribution >= 0.6 is 11.6 Å². The van der Waals surface area contributed by atoms with Gasteiger partial charge in [-0.15, -0.1) is 0 Å². The molecule has 136 valence electrons. The van der Waals surface area contributed by atoms with E-state index in [1.165, 1.54) is 12.1 Å². The molecule has 1 rings (SSSR count). The lowest BCUT2D eigenvalue weighted by atomic mass is 10.0. The summed E-state index contributed by atoms with van der Waals surface area (Å²) >= 11 is 5.86. The van der Waals surface area contributed by atoms with Crippen molar-refractivity contribution in [2.75, 3.05) is 13.2 Å². The first kappa shape index (κ1) is 20.7. The van der Waals surface area contributed by atoms with Crippen molar-refractivity contribution in [2.24, 2.45) is 5.92 Å². The summed E-state index contributed by atoms with van der Waals surface area (Å²) in [6, 6.07) is 4.24. The number of hydrogen-bond donors (Lipinski definition) is 2. The molecule has 0 heterocycles. The molecule has 1 aromatic carbocycles.